The molecule has 0 aliphatic carbocycles. The number of nitrogens with one attached hydrogen (secondary N) is 4. The lowest BCUT2D eigenvalue weighted by molar-refractivity contribution is -0.115. The van der Waals surface area contributed by atoms with Crippen molar-refractivity contribution in [1.82, 2.24) is 16.2 Å². The lowest BCUT2D eigenvalue weighted by atomic mass is 10.2. The third-order valence-electron chi connectivity index (χ3n) is 3.86. The lowest BCUT2D eigenvalue weighted by Crippen LogP contribution is -2.48. The minimum absolute atomic E-state index is 0.0495. The Balaban J connectivity index is 1.81. The Kier molecular flexibility index (Phi) is 8.76. The molecule has 0 atom stereocenters. The van der Waals surface area contributed by atoms with E-state index in [-0.39, 0.29) is 11.0 Å². The monoisotopic (exact) mass is 428 g/mol. The summed E-state index contributed by atoms with van der Waals surface area (Å²) < 4.78 is 5.47. The molecule has 0 saturated carbocycles. The fourth-order valence-corrected chi connectivity index (χ4v) is 2.41. The zero-order valence-corrected chi connectivity index (χ0v) is 17.6. The molecule has 0 radical (unpaired) electrons. The first-order chi connectivity index (χ1) is 14.4. The van der Waals surface area contributed by atoms with Crippen molar-refractivity contribution in [1.29, 1.82) is 0 Å². The van der Waals surface area contributed by atoms with Gasteiger partial charge in [-0.1, -0.05) is 13.8 Å². The first-order valence-electron chi connectivity index (χ1n) is 9.47. The van der Waals surface area contributed by atoms with E-state index in [4.69, 9.17) is 17.0 Å². The van der Waals surface area contributed by atoms with E-state index in [2.05, 4.69) is 21.5 Å². The third kappa shape index (κ3) is 7.17. The van der Waals surface area contributed by atoms with Gasteiger partial charge in [0.25, 0.3) is 11.8 Å². The molecule has 2 rings (SSSR count). The minimum Gasteiger partial charge on any atom is -0.494 e. The summed E-state index contributed by atoms with van der Waals surface area (Å²) in [6, 6.07) is 13.0. The highest BCUT2D eigenvalue weighted by Crippen LogP contribution is 2.12. The molecule has 8 nitrogen and oxygen atoms in total. The standard InChI is InChI=1S/C21H24N4O4S/c1-3-13-29-17-11-7-14(8-12-17)19(27)23-21(30)25-24-20(28)15-5-9-16(10-6-15)22-18(26)4-2/h5-12H,3-4,13H2,1-2H3,(H,22,26)(H,24,28)(H2,23,25,27,30). The fraction of sp³-hybridized carbons (Fsp3) is 0.238. The van der Waals surface area contributed by atoms with Crippen LogP contribution < -0.4 is 26.2 Å². The predicted molar refractivity (Wildman–Crippen MR) is 118 cm³/mol. The topological polar surface area (TPSA) is 109 Å². The van der Waals surface area contributed by atoms with Crippen molar-refractivity contribution in [3.8, 4) is 5.75 Å². The summed E-state index contributed by atoms with van der Waals surface area (Å²) in [6.45, 7) is 4.37. The Morgan fingerprint density at radius 2 is 1.47 bits per heavy atom. The summed E-state index contributed by atoms with van der Waals surface area (Å²) in [5, 5.41) is 5.13. The van der Waals surface area contributed by atoms with Gasteiger partial charge in [0.05, 0.1) is 6.61 Å². The summed E-state index contributed by atoms with van der Waals surface area (Å²) in [4.78, 5) is 35.8. The van der Waals surface area contributed by atoms with E-state index in [1.54, 1.807) is 55.5 Å². The van der Waals surface area contributed by atoms with Crippen LogP contribution in [0.25, 0.3) is 0 Å². The number of thiocarbonyl (C=S) groups is 1. The molecule has 2 aromatic carbocycles. The van der Waals surface area contributed by atoms with Crippen LogP contribution in [0.2, 0.25) is 0 Å². The van der Waals surface area contributed by atoms with Gasteiger partial charge in [-0.25, -0.2) is 0 Å². The zero-order chi connectivity index (χ0) is 21.9. The van der Waals surface area contributed by atoms with Crippen LogP contribution in [0.3, 0.4) is 0 Å². The van der Waals surface area contributed by atoms with Crippen molar-refractivity contribution in [2.45, 2.75) is 26.7 Å². The van der Waals surface area contributed by atoms with Gasteiger partial charge in [-0.2, -0.15) is 0 Å². The molecule has 2 aromatic rings. The van der Waals surface area contributed by atoms with E-state index < -0.39 is 11.8 Å². The molecule has 0 fully saturated rings. The van der Waals surface area contributed by atoms with E-state index in [0.717, 1.165) is 6.42 Å². The normalized spacial score (nSPS) is 9.93. The summed E-state index contributed by atoms with van der Waals surface area (Å²) in [6.07, 6.45) is 1.26. The van der Waals surface area contributed by atoms with Crippen LogP contribution in [0, 0.1) is 0 Å². The van der Waals surface area contributed by atoms with E-state index in [9.17, 15) is 14.4 Å². The van der Waals surface area contributed by atoms with Crippen molar-refractivity contribution >= 4 is 40.7 Å². The molecule has 30 heavy (non-hydrogen) atoms. The first-order valence-corrected chi connectivity index (χ1v) is 9.88. The quantitative estimate of drug-likeness (QED) is 0.399. The fourth-order valence-electron chi connectivity index (χ4n) is 2.27. The Morgan fingerprint density at radius 1 is 0.867 bits per heavy atom. The number of anilines is 1. The van der Waals surface area contributed by atoms with Crippen molar-refractivity contribution < 1.29 is 19.1 Å². The Hall–Kier alpha value is -3.46. The summed E-state index contributed by atoms with van der Waals surface area (Å²) >= 11 is 5.03. The maximum Gasteiger partial charge on any atom is 0.269 e. The van der Waals surface area contributed by atoms with Crippen LogP contribution in [0.4, 0.5) is 5.69 Å². The Labute approximate surface area is 180 Å². The molecular formula is C21H24N4O4S. The van der Waals surface area contributed by atoms with E-state index in [0.29, 0.717) is 35.6 Å². The zero-order valence-electron chi connectivity index (χ0n) is 16.8. The molecule has 0 heterocycles. The number of carbonyl (C=O) groups is 3. The first kappa shape index (κ1) is 22.8. The van der Waals surface area contributed by atoms with Gasteiger partial charge in [0, 0.05) is 23.2 Å². The predicted octanol–water partition coefficient (Wildman–Crippen LogP) is 2.77. The van der Waals surface area contributed by atoms with Crippen LogP contribution in [0.1, 0.15) is 47.4 Å². The molecule has 0 saturated heterocycles. The number of benzene rings is 2. The number of rotatable bonds is 7. The smallest absolute Gasteiger partial charge is 0.269 e. The van der Waals surface area contributed by atoms with Gasteiger partial charge in [-0.05, 0) is 67.2 Å². The second kappa shape index (κ2) is 11.5. The van der Waals surface area contributed by atoms with Gasteiger partial charge in [0.2, 0.25) is 5.91 Å². The number of carbonyl (C=O) groups excluding carboxylic acids is 3. The highest BCUT2D eigenvalue weighted by Gasteiger charge is 2.10. The SMILES string of the molecule is CCCOc1ccc(C(=O)NC(=S)NNC(=O)c2ccc(NC(=O)CC)cc2)cc1. The van der Waals surface area contributed by atoms with Crippen LogP contribution in [-0.4, -0.2) is 29.4 Å². The Morgan fingerprint density at radius 3 is 2.07 bits per heavy atom. The van der Waals surface area contributed by atoms with Crippen LogP contribution in [0.15, 0.2) is 48.5 Å². The minimum atomic E-state index is -0.447. The van der Waals surface area contributed by atoms with Crippen LogP contribution in [-0.2, 0) is 4.79 Å². The molecule has 0 unspecified atom stereocenters. The molecule has 3 amide bonds. The van der Waals surface area contributed by atoms with Gasteiger partial charge >= 0.3 is 0 Å². The number of amides is 3. The highest BCUT2D eigenvalue weighted by atomic mass is 32.1. The van der Waals surface area contributed by atoms with Gasteiger partial charge < -0.3 is 10.1 Å². The van der Waals surface area contributed by atoms with Crippen molar-refractivity contribution in [3.63, 3.8) is 0 Å². The molecule has 0 bridgehead atoms. The molecule has 0 aliphatic rings. The van der Waals surface area contributed by atoms with E-state index >= 15 is 0 Å². The second-order valence-corrected chi connectivity index (χ2v) is 6.62. The van der Waals surface area contributed by atoms with Crippen molar-refractivity contribution in [2.24, 2.45) is 0 Å². The van der Waals surface area contributed by atoms with E-state index in [1.807, 2.05) is 6.92 Å². The van der Waals surface area contributed by atoms with Crippen LogP contribution >= 0.6 is 12.2 Å². The number of hydrazine groups is 1. The third-order valence-corrected chi connectivity index (χ3v) is 4.06. The van der Waals surface area contributed by atoms with Gasteiger partial charge in [0.15, 0.2) is 5.11 Å². The average molecular weight is 429 g/mol. The maximum atomic E-state index is 12.2. The molecule has 4 N–H and O–H groups in total. The largest absolute Gasteiger partial charge is 0.494 e. The summed E-state index contributed by atoms with van der Waals surface area (Å²) in [5.41, 5.74) is 6.24. The average Bonchev–Trinajstić information content (AvgIpc) is 2.76. The van der Waals surface area contributed by atoms with Crippen molar-refractivity contribution in [2.75, 3.05) is 11.9 Å². The number of hydrogen-bond donors (Lipinski definition) is 4. The van der Waals surface area contributed by atoms with Gasteiger partial charge in [-0.15, -0.1) is 0 Å². The summed E-state index contributed by atoms with van der Waals surface area (Å²) in [7, 11) is 0. The summed E-state index contributed by atoms with van der Waals surface area (Å²) in [5.74, 6) is -0.295. The van der Waals surface area contributed by atoms with Gasteiger partial charge in [0.1, 0.15) is 5.75 Å². The van der Waals surface area contributed by atoms with Gasteiger partial charge in [-0.3, -0.25) is 30.6 Å². The number of ether oxygens (including phenoxy) is 1. The highest BCUT2D eigenvalue weighted by molar-refractivity contribution is 7.80. The molecule has 0 aliphatic heterocycles. The molecule has 0 spiro atoms. The molecule has 9 heteroatoms. The van der Waals surface area contributed by atoms with E-state index in [1.165, 1.54) is 0 Å². The molecule has 158 valence electrons. The van der Waals surface area contributed by atoms with Crippen molar-refractivity contribution in [3.05, 3.63) is 59.7 Å². The molecular weight excluding hydrogens is 404 g/mol. The second-order valence-electron chi connectivity index (χ2n) is 6.21. The Bertz CT molecular complexity index is 898. The molecule has 0 aromatic heterocycles. The maximum absolute atomic E-state index is 12.2. The lowest BCUT2D eigenvalue weighted by Gasteiger charge is -2.11. The number of hydrogen-bond acceptors (Lipinski definition) is 5. The van der Waals surface area contributed by atoms with Crippen LogP contribution in [0.5, 0.6) is 5.75 Å².